The fourth-order valence-corrected chi connectivity index (χ4v) is 3.53. The fourth-order valence-electron chi connectivity index (χ4n) is 3.53. The fraction of sp³-hybridized carbons (Fsp3) is 0.130. The van der Waals surface area contributed by atoms with Gasteiger partial charge in [-0.15, -0.1) is 0 Å². The normalized spacial score (nSPS) is 12.7. The lowest BCUT2D eigenvalue weighted by molar-refractivity contribution is -0.121. The lowest BCUT2D eigenvalue weighted by Crippen LogP contribution is -2.25. The maximum atomic E-state index is 12.9. The second kappa shape index (κ2) is 7.08. The van der Waals surface area contributed by atoms with Crippen LogP contribution in [0.4, 0.5) is 5.69 Å². The molecule has 4 rings (SSSR count). The standard InChI is InChI=1S/C23H21N3O/c1-26(2)17-13-11-16(12-14-17)15-24-25-23(27)22-20-9-5-3-7-18(20)19-8-4-6-10-21(19)22/h3-15,22H,1-2H3,(H,25,27). The van der Waals surface area contributed by atoms with E-state index in [1.165, 1.54) is 0 Å². The van der Waals surface area contributed by atoms with Crippen molar-refractivity contribution in [3.05, 3.63) is 89.5 Å². The smallest absolute Gasteiger partial charge is 0.252 e. The molecule has 1 aliphatic rings. The minimum absolute atomic E-state index is 0.117. The molecule has 0 radical (unpaired) electrons. The van der Waals surface area contributed by atoms with Gasteiger partial charge < -0.3 is 4.90 Å². The molecule has 0 atom stereocenters. The third-order valence-electron chi connectivity index (χ3n) is 4.89. The Balaban J connectivity index is 1.53. The van der Waals surface area contributed by atoms with E-state index in [0.717, 1.165) is 33.5 Å². The van der Waals surface area contributed by atoms with E-state index in [9.17, 15) is 4.79 Å². The van der Waals surface area contributed by atoms with Crippen LogP contribution in [0.2, 0.25) is 0 Å². The van der Waals surface area contributed by atoms with Crippen LogP contribution in [-0.2, 0) is 4.79 Å². The van der Waals surface area contributed by atoms with Crippen LogP contribution in [0.1, 0.15) is 22.6 Å². The molecule has 0 spiro atoms. The van der Waals surface area contributed by atoms with E-state index in [1.54, 1.807) is 6.21 Å². The average Bonchev–Trinajstić information content (AvgIpc) is 3.03. The quantitative estimate of drug-likeness (QED) is 0.568. The number of carbonyl (C=O) groups excluding carboxylic acids is 1. The highest BCUT2D eigenvalue weighted by Gasteiger charge is 2.33. The van der Waals surface area contributed by atoms with Gasteiger partial charge in [-0.05, 0) is 39.9 Å². The van der Waals surface area contributed by atoms with E-state index in [2.05, 4.69) is 22.7 Å². The third-order valence-corrected chi connectivity index (χ3v) is 4.89. The Morgan fingerprint density at radius 1 is 0.889 bits per heavy atom. The number of rotatable bonds is 4. The molecular weight excluding hydrogens is 334 g/mol. The molecule has 1 aliphatic carbocycles. The van der Waals surface area contributed by atoms with Crippen molar-refractivity contribution < 1.29 is 4.79 Å². The average molecular weight is 355 g/mol. The zero-order valence-corrected chi connectivity index (χ0v) is 15.4. The molecule has 1 N–H and O–H groups in total. The van der Waals surface area contributed by atoms with Crippen LogP contribution in [0.25, 0.3) is 11.1 Å². The summed E-state index contributed by atoms with van der Waals surface area (Å²) < 4.78 is 0. The number of amides is 1. The number of hydrogen-bond donors (Lipinski definition) is 1. The van der Waals surface area contributed by atoms with E-state index < -0.39 is 0 Å². The zero-order chi connectivity index (χ0) is 18.8. The SMILES string of the molecule is CN(C)c1ccc(C=NNC(=O)C2c3ccccc3-c3ccccc32)cc1. The van der Waals surface area contributed by atoms with Gasteiger partial charge >= 0.3 is 0 Å². The highest BCUT2D eigenvalue weighted by molar-refractivity contribution is 5.96. The van der Waals surface area contributed by atoms with Gasteiger partial charge in [-0.3, -0.25) is 4.79 Å². The minimum atomic E-state index is -0.328. The monoisotopic (exact) mass is 355 g/mol. The first kappa shape index (κ1) is 17.0. The van der Waals surface area contributed by atoms with Crippen molar-refractivity contribution >= 4 is 17.8 Å². The molecule has 0 aromatic heterocycles. The molecular formula is C23H21N3O. The molecule has 3 aromatic carbocycles. The topological polar surface area (TPSA) is 44.7 Å². The summed E-state index contributed by atoms with van der Waals surface area (Å²) in [6.45, 7) is 0. The summed E-state index contributed by atoms with van der Waals surface area (Å²) in [5.41, 5.74) is 9.07. The first-order chi connectivity index (χ1) is 13.1. The molecule has 0 unspecified atom stereocenters. The molecule has 27 heavy (non-hydrogen) atoms. The molecule has 4 nitrogen and oxygen atoms in total. The molecule has 0 saturated carbocycles. The third kappa shape index (κ3) is 3.22. The Hall–Kier alpha value is -3.40. The van der Waals surface area contributed by atoms with E-state index >= 15 is 0 Å². The molecule has 1 amide bonds. The predicted molar refractivity (Wildman–Crippen MR) is 110 cm³/mol. The van der Waals surface area contributed by atoms with Crippen molar-refractivity contribution in [1.29, 1.82) is 0 Å². The van der Waals surface area contributed by atoms with Gasteiger partial charge in [0.05, 0.1) is 12.1 Å². The number of fused-ring (bicyclic) bond motifs is 3. The van der Waals surface area contributed by atoms with Gasteiger partial charge in [0.15, 0.2) is 0 Å². The molecule has 134 valence electrons. The molecule has 3 aromatic rings. The van der Waals surface area contributed by atoms with E-state index in [0.29, 0.717) is 0 Å². The Morgan fingerprint density at radius 2 is 1.44 bits per heavy atom. The number of benzene rings is 3. The number of nitrogens with zero attached hydrogens (tertiary/aromatic N) is 2. The first-order valence-electron chi connectivity index (χ1n) is 8.93. The van der Waals surface area contributed by atoms with Gasteiger partial charge in [0.25, 0.3) is 5.91 Å². The second-order valence-electron chi connectivity index (χ2n) is 6.83. The van der Waals surface area contributed by atoms with Crippen molar-refractivity contribution in [3.63, 3.8) is 0 Å². The van der Waals surface area contributed by atoms with E-state index in [4.69, 9.17) is 0 Å². The minimum Gasteiger partial charge on any atom is -0.378 e. The lowest BCUT2D eigenvalue weighted by atomic mass is 9.96. The lowest BCUT2D eigenvalue weighted by Gasteiger charge is -2.12. The van der Waals surface area contributed by atoms with Gasteiger partial charge in [-0.2, -0.15) is 5.10 Å². The predicted octanol–water partition coefficient (Wildman–Crippen LogP) is 4.02. The molecule has 0 saturated heterocycles. The van der Waals surface area contributed by atoms with Crippen LogP contribution >= 0.6 is 0 Å². The van der Waals surface area contributed by atoms with Crippen molar-refractivity contribution in [2.75, 3.05) is 19.0 Å². The Kier molecular flexibility index (Phi) is 4.47. The van der Waals surface area contributed by atoms with E-state index in [-0.39, 0.29) is 11.8 Å². The molecule has 4 heteroatoms. The summed E-state index contributed by atoms with van der Waals surface area (Å²) in [7, 11) is 4.00. The summed E-state index contributed by atoms with van der Waals surface area (Å²) in [6.07, 6.45) is 1.67. The number of anilines is 1. The van der Waals surface area contributed by atoms with Crippen molar-refractivity contribution in [2.24, 2.45) is 5.10 Å². The number of hydrazone groups is 1. The van der Waals surface area contributed by atoms with Crippen LogP contribution in [-0.4, -0.2) is 26.2 Å². The number of nitrogens with one attached hydrogen (secondary N) is 1. The van der Waals surface area contributed by atoms with E-state index in [1.807, 2.05) is 79.7 Å². The van der Waals surface area contributed by atoms with Crippen LogP contribution in [0.3, 0.4) is 0 Å². The maximum Gasteiger partial charge on any atom is 0.252 e. The van der Waals surface area contributed by atoms with Crippen LogP contribution in [0, 0.1) is 0 Å². The number of carbonyl (C=O) groups is 1. The Bertz CT molecular complexity index is 961. The van der Waals surface area contributed by atoms with Crippen LogP contribution < -0.4 is 10.3 Å². The summed E-state index contributed by atoms with van der Waals surface area (Å²) in [5.74, 6) is -0.445. The van der Waals surface area contributed by atoms with Crippen molar-refractivity contribution in [3.8, 4) is 11.1 Å². The summed E-state index contributed by atoms with van der Waals surface area (Å²) in [4.78, 5) is 14.9. The Labute approximate surface area is 159 Å². The van der Waals surface area contributed by atoms with Gasteiger partial charge in [0.2, 0.25) is 0 Å². The Morgan fingerprint density at radius 3 is 2.00 bits per heavy atom. The highest BCUT2D eigenvalue weighted by Crippen LogP contribution is 2.44. The zero-order valence-electron chi connectivity index (χ0n) is 15.4. The van der Waals surface area contributed by atoms with Gasteiger partial charge in [0.1, 0.15) is 0 Å². The van der Waals surface area contributed by atoms with Crippen LogP contribution in [0.15, 0.2) is 77.9 Å². The summed E-state index contributed by atoms with van der Waals surface area (Å²) >= 11 is 0. The maximum absolute atomic E-state index is 12.9. The first-order valence-corrected chi connectivity index (χ1v) is 8.93. The highest BCUT2D eigenvalue weighted by atomic mass is 16.2. The molecule has 0 fully saturated rings. The molecule has 0 aliphatic heterocycles. The van der Waals surface area contributed by atoms with Gasteiger partial charge in [-0.25, -0.2) is 5.43 Å². The van der Waals surface area contributed by atoms with Crippen LogP contribution in [0.5, 0.6) is 0 Å². The molecule has 0 bridgehead atoms. The van der Waals surface area contributed by atoms with Gasteiger partial charge in [0, 0.05) is 19.8 Å². The van der Waals surface area contributed by atoms with Gasteiger partial charge in [-0.1, -0.05) is 60.7 Å². The summed E-state index contributed by atoms with van der Waals surface area (Å²) in [6, 6.07) is 24.1. The second-order valence-corrected chi connectivity index (χ2v) is 6.83. The number of hydrogen-bond acceptors (Lipinski definition) is 3. The summed E-state index contributed by atoms with van der Waals surface area (Å²) in [5, 5.41) is 4.17. The van der Waals surface area contributed by atoms with Crippen molar-refractivity contribution in [2.45, 2.75) is 5.92 Å². The molecule has 0 heterocycles. The van der Waals surface area contributed by atoms with Crippen molar-refractivity contribution in [1.82, 2.24) is 5.43 Å². The largest absolute Gasteiger partial charge is 0.378 e.